The molecule has 27 heteroatoms. The van der Waals surface area contributed by atoms with Crippen molar-refractivity contribution in [3.63, 3.8) is 0 Å². The Kier molecular flexibility index (Phi) is 23.4. The van der Waals surface area contributed by atoms with Crippen LogP contribution in [-0.4, -0.2) is 175 Å². The van der Waals surface area contributed by atoms with Gasteiger partial charge in [0, 0.05) is 69.7 Å². The van der Waals surface area contributed by atoms with Crippen LogP contribution in [0.2, 0.25) is 0 Å². The fourth-order valence-electron chi connectivity index (χ4n) is 16.4. The van der Waals surface area contributed by atoms with Crippen LogP contribution in [0.25, 0.3) is 88.4 Å². The van der Waals surface area contributed by atoms with Crippen molar-refractivity contribution in [3.05, 3.63) is 217 Å². The number of fused-ring (bicyclic) bond motifs is 4. The van der Waals surface area contributed by atoms with E-state index >= 15 is 0 Å². The van der Waals surface area contributed by atoms with E-state index in [2.05, 4.69) is 143 Å². The number of nitrogens with one attached hydrogen (secondary N) is 7. The Morgan fingerprint density at radius 1 is 0.417 bits per heavy atom. The maximum Gasteiger partial charge on any atom is 0.407 e. The molecule has 0 saturated carbocycles. The van der Waals surface area contributed by atoms with Gasteiger partial charge in [-0.15, -0.1) is 0 Å². The molecule has 4 fully saturated rings. The third-order valence-electron chi connectivity index (χ3n) is 22.4. The number of rotatable bonds is 22. The standard InChI is InChI=1S/C49H48N8O6.C39H43N7O6/c1-62-48(60)51-28-37(30-11-5-3-6-12-30)46(58)56-23-9-15-41(56)44-50-29-40(54-44)36-20-19-32-25-33(17-18-34(32)26-36)35-21-22-38-39(27-35)53-45(52-38)42-16-10-24-57(42)47(59)43(55-49(61)63-2)31-13-7-4-8-14-31;1-51-36(49)9-3-8-34(47)46-19-5-7-33(46)38-42-29-15-14-27(22-30(29)43-38)25-10-11-26-21-28(13-12-24(26)20-25)31-23-41-37(44-31)32-6-4-18-45(32)35(48)16-17-40-39(50)52-2/h3-8,11-14,17-22,25-27,29,37,41-43H,9-10,15-16,23-24,28H2,1-2H3,(H,50,54)(H,51,60)(H,52,53)(H,55,61);10-15,20-23,32-33H,3-9,16-19H2,1-2H3,(H,40,50)(H,41,44)(H,42,43)/t37-,41-,42-,43-;32-,33-/m00/s1. The number of H-pyrrole nitrogens is 4. The lowest BCUT2D eigenvalue weighted by molar-refractivity contribution is -0.141. The molecule has 16 rings (SSSR count). The normalized spacial score (nSPS) is 17.1. The number of likely N-dealkylation sites (tertiary alicyclic amines) is 4. The van der Waals surface area contributed by atoms with E-state index in [1.807, 2.05) is 99.9 Å². The number of methoxy groups -OCH3 is 4. The molecule has 4 aliphatic rings. The summed E-state index contributed by atoms with van der Waals surface area (Å²) in [4.78, 5) is 142. The molecule has 8 heterocycles. The van der Waals surface area contributed by atoms with Crippen molar-refractivity contribution in [2.75, 3.05) is 67.7 Å². The Morgan fingerprint density at radius 2 is 0.835 bits per heavy atom. The smallest absolute Gasteiger partial charge is 0.407 e. The summed E-state index contributed by atoms with van der Waals surface area (Å²) in [6.07, 6.45) is 9.73. The van der Waals surface area contributed by atoms with Crippen LogP contribution in [0.1, 0.15) is 148 Å². The zero-order valence-corrected chi connectivity index (χ0v) is 64.5. The molecule has 4 saturated heterocycles. The maximum absolute atomic E-state index is 14.1. The molecule has 0 radical (unpaired) electrons. The molecule has 590 valence electrons. The monoisotopic (exact) mass is 1550 g/mol. The number of benzene rings is 8. The highest BCUT2D eigenvalue weighted by Crippen LogP contribution is 2.41. The van der Waals surface area contributed by atoms with E-state index in [1.165, 1.54) is 28.4 Å². The van der Waals surface area contributed by atoms with Crippen molar-refractivity contribution >= 4 is 91.5 Å². The van der Waals surface area contributed by atoms with Gasteiger partial charge in [0.25, 0.3) is 5.91 Å². The third kappa shape index (κ3) is 17.1. The Balaban J connectivity index is 0.000000184. The van der Waals surface area contributed by atoms with Crippen LogP contribution in [0.4, 0.5) is 14.4 Å². The number of imidazole rings is 4. The molecule has 0 aliphatic carbocycles. The molecule has 0 bridgehead atoms. The summed E-state index contributed by atoms with van der Waals surface area (Å²) < 4.78 is 18.9. The topological polar surface area (TPSA) is 337 Å². The maximum atomic E-state index is 14.1. The predicted octanol–water partition coefficient (Wildman–Crippen LogP) is 14.5. The number of nitrogens with zero attached hydrogens (tertiary/aromatic N) is 8. The van der Waals surface area contributed by atoms with Gasteiger partial charge in [-0.05, 0) is 161 Å². The number of carbonyl (C=O) groups excluding carboxylic acids is 8. The van der Waals surface area contributed by atoms with E-state index in [9.17, 15) is 38.4 Å². The molecule has 6 atom stereocenters. The fraction of sp³-hybridized carbons (Fsp3) is 0.318. The zero-order valence-electron chi connectivity index (χ0n) is 64.5. The molecule has 0 spiro atoms. The van der Waals surface area contributed by atoms with Crippen molar-refractivity contribution in [3.8, 4) is 44.8 Å². The molecule has 7 N–H and O–H groups in total. The van der Waals surface area contributed by atoms with Gasteiger partial charge in [-0.25, -0.2) is 34.3 Å². The van der Waals surface area contributed by atoms with Crippen LogP contribution in [-0.2, 0) is 42.9 Å². The summed E-state index contributed by atoms with van der Waals surface area (Å²) in [7, 11) is 5.25. The number of hydrogen-bond acceptors (Lipinski definition) is 16. The van der Waals surface area contributed by atoms with Crippen molar-refractivity contribution in [1.82, 2.24) is 75.4 Å². The summed E-state index contributed by atoms with van der Waals surface area (Å²) >= 11 is 0. The number of esters is 1. The molecule has 4 aliphatic heterocycles. The average molecular weight is 1550 g/mol. The van der Waals surface area contributed by atoms with Crippen LogP contribution in [0.15, 0.2) is 182 Å². The predicted molar refractivity (Wildman–Crippen MR) is 433 cm³/mol. The van der Waals surface area contributed by atoms with Crippen LogP contribution >= 0.6 is 0 Å². The van der Waals surface area contributed by atoms with Crippen molar-refractivity contribution < 1.29 is 57.3 Å². The van der Waals surface area contributed by atoms with Gasteiger partial charge in [0.1, 0.15) is 29.3 Å². The summed E-state index contributed by atoms with van der Waals surface area (Å²) in [5.41, 5.74) is 12.9. The number of amides is 7. The molecule has 27 nitrogen and oxygen atoms in total. The van der Waals surface area contributed by atoms with E-state index in [0.717, 1.165) is 163 Å². The van der Waals surface area contributed by atoms with E-state index in [4.69, 9.17) is 29.2 Å². The minimum Gasteiger partial charge on any atom is -0.469 e. The first-order chi connectivity index (χ1) is 56.1. The van der Waals surface area contributed by atoms with Crippen LogP contribution in [0, 0.1) is 0 Å². The number of aromatic amines is 4. The fourth-order valence-corrected chi connectivity index (χ4v) is 16.4. The Labute approximate surface area is 663 Å². The van der Waals surface area contributed by atoms with Crippen LogP contribution < -0.4 is 16.0 Å². The van der Waals surface area contributed by atoms with Crippen LogP contribution in [0.3, 0.4) is 0 Å². The second-order valence-electron chi connectivity index (χ2n) is 29.4. The first-order valence-corrected chi connectivity index (χ1v) is 39.1. The van der Waals surface area contributed by atoms with Crippen molar-refractivity contribution in [2.24, 2.45) is 0 Å². The van der Waals surface area contributed by atoms with Gasteiger partial charge >= 0.3 is 24.2 Å². The van der Waals surface area contributed by atoms with Gasteiger partial charge < -0.3 is 74.4 Å². The van der Waals surface area contributed by atoms with Gasteiger partial charge in [0.2, 0.25) is 17.7 Å². The summed E-state index contributed by atoms with van der Waals surface area (Å²) in [5.74, 6) is 1.86. The van der Waals surface area contributed by atoms with Crippen molar-refractivity contribution in [2.45, 2.75) is 113 Å². The van der Waals surface area contributed by atoms with Gasteiger partial charge in [0.15, 0.2) is 0 Å². The first-order valence-electron chi connectivity index (χ1n) is 39.1. The highest BCUT2D eigenvalue weighted by Gasteiger charge is 2.40. The molecule has 0 unspecified atom stereocenters. The lowest BCUT2D eigenvalue weighted by Gasteiger charge is -2.28. The van der Waals surface area contributed by atoms with Gasteiger partial charge in [0.05, 0.1) is 104 Å². The summed E-state index contributed by atoms with van der Waals surface area (Å²) in [5, 5.41) is 12.4. The number of carbonyl (C=O) groups is 8. The number of aromatic nitrogens is 8. The highest BCUT2D eigenvalue weighted by atomic mass is 16.5. The minimum absolute atomic E-state index is 0.0251. The highest BCUT2D eigenvalue weighted by molar-refractivity contribution is 5.95. The number of alkyl carbamates (subject to hydrolysis) is 3. The quantitative estimate of drug-likeness (QED) is 0.0245. The Morgan fingerprint density at radius 3 is 1.34 bits per heavy atom. The van der Waals surface area contributed by atoms with Crippen molar-refractivity contribution in [1.29, 1.82) is 0 Å². The van der Waals surface area contributed by atoms with Gasteiger partial charge in [-0.1, -0.05) is 121 Å². The lowest BCUT2D eigenvalue weighted by atomic mass is 9.97. The lowest BCUT2D eigenvalue weighted by Crippen LogP contribution is -2.42. The molecule has 8 aromatic carbocycles. The Bertz CT molecular complexity index is 5580. The number of hydrogen-bond donors (Lipinski definition) is 7. The number of ether oxygens (including phenoxy) is 4. The first kappa shape index (κ1) is 77.1. The van der Waals surface area contributed by atoms with Gasteiger partial charge in [-0.2, -0.15) is 0 Å². The van der Waals surface area contributed by atoms with E-state index < -0.39 is 30.2 Å². The van der Waals surface area contributed by atoms with E-state index in [0.29, 0.717) is 50.4 Å². The molecular weight excluding hydrogens is 1460 g/mol. The molecule has 7 amide bonds. The molecule has 115 heavy (non-hydrogen) atoms. The van der Waals surface area contributed by atoms with E-state index in [-0.39, 0.29) is 79.7 Å². The Hall–Kier alpha value is -13.2. The van der Waals surface area contributed by atoms with Gasteiger partial charge in [-0.3, -0.25) is 24.0 Å². The zero-order chi connectivity index (χ0) is 79.6. The summed E-state index contributed by atoms with van der Waals surface area (Å²) in [6.45, 7) is 2.84. The van der Waals surface area contributed by atoms with Crippen LogP contribution in [0.5, 0.6) is 0 Å². The molecular formula is C88H91N15O12. The second kappa shape index (κ2) is 34.8. The minimum atomic E-state index is -0.889. The molecule has 12 aromatic rings. The largest absolute Gasteiger partial charge is 0.469 e. The molecule has 4 aromatic heterocycles. The third-order valence-corrected chi connectivity index (χ3v) is 22.4. The average Bonchev–Trinajstić information content (AvgIpc) is 1.67. The van der Waals surface area contributed by atoms with E-state index in [1.54, 1.807) is 4.90 Å². The second-order valence-corrected chi connectivity index (χ2v) is 29.4. The SMILES string of the molecule is COC(=O)CCCC(=O)N1CCC[C@H]1c1nc2ccc(-c3ccc4cc(-c5cnc([C@@H]6CCCN6C(=O)CCNC(=O)OC)[nH]5)ccc4c3)cc2[nH]1.COC(=O)NC[C@H](C(=O)N1CCC[C@H]1c1ncc(-c2ccc3cc(-c4ccc5nc([C@@H]6CCCN6C(=O)[C@@H](NC(=O)OC)c6ccccc6)[nH]c5c4)ccc3c2)[nH]1)c1ccccc1. The summed E-state index contributed by atoms with van der Waals surface area (Å²) in [6, 6.07) is 54.9.